The summed E-state index contributed by atoms with van der Waals surface area (Å²) in [6, 6.07) is 18.7. The lowest BCUT2D eigenvalue weighted by atomic mass is 10.1. The Bertz CT molecular complexity index is 806. The van der Waals surface area contributed by atoms with Gasteiger partial charge in [0.25, 0.3) is 0 Å². The molecule has 0 amide bonds. The Kier molecular flexibility index (Phi) is 4.72. The molecule has 0 bridgehead atoms. The number of nitrogens with zero attached hydrogens (tertiary/aromatic N) is 4. The van der Waals surface area contributed by atoms with Gasteiger partial charge in [0.1, 0.15) is 0 Å². The zero-order valence-electron chi connectivity index (χ0n) is 14.1. The molecule has 1 fully saturated rings. The molecular formula is C20H21ClN4. The molecule has 1 aliphatic heterocycles. The second-order valence-corrected chi connectivity index (χ2v) is 6.74. The monoisotopic (exact) mass is 352 g/mol. The van der Waals surface area contributed by atoms with Crippen molar-refractivity contribution in [2.75, 3.05) is 31.1 Å². The van der Waals surface area contributed by atoms with Crippen LogP contribution in [0.25, 0.3) is 5.69 Å². The average Bonchev–Trinajstić information content (AvgIpc) is 3.18. The molecule has 0 aliphatic carbocycles. The smallest absolute Gasteiger partial charge is 0.0645 e. The highest BCUT2D eigenvalue weighted by Gasteiger charge is 2.18. The molecule has 1 aliphatic rings. The van der Waals surface area contributed by atoms with Gasteiger partial charge in [-0.1, -0.05) is 35.9 Å². The summed E-state index contributed by atoms with van der Waals surface area (Å²) in [4.78, 5) is 4.87. The van der Waals surface area contributed by atoms with Crippen LogP contribution < -0.4 is 4.90 Å². The highest BCUT2D eigenvalue weighted by atomic mass is 35.5. The van der Waals surface area contributed by atoms with Crippen LogP contribution in [0.5, 0.6) is 0 Å². The molecule has 2 aromatic carbocycles. The minimum absolute atomic E-state index is 0.838. The SMILES string of the molecule is Clc1ccccc1N1CCN(Cc2ccc(-n3cccn3)cc2)CC1. The first kappa shape index (κ1) is 16.2. The van der Waals surface area contributed by atoms with E-state index in [0.29, 0.717) is 0 Å². The Morgan fingerprint density at radius 2 is 1.64 bits per heavy atom. The highest BCUT2D eigenvalue weighted by Crippen LogP contribution is 2.26. The maximum atomic E-state index is 6.32. The largest absolute Gasteiger partial charge is 0.368 e. The van der Waals surface area contributed by atoms with Crippen molar-refractivity contribution in [3.05, 3.63) is 77.6 Å². The molecule has 0 spiro atoms. The van der Waals surface area contributed by atoms with Gasteiger partial charge in [-0.05, 0) is 35.9 Å². The molecule has 5 heteroatoms. The molecule has 0 saturated carbocycles. The number of halogens is 1. The number of para-hydroxylation sites is 1. The molecule has 1 saturated heterocycles. The fourth-order valence-electron chi connectivity index (χ4n) is 3.29. The van der Waals surface area contributed by atoms with Crippen molar-refractivity contribution in [3.63, 3.8) is 0 Å². The number of hydrogen-bond donors (Lipinski definition) is 0. The topological polar surface area (TPSA) is 24.3 Å². The minimum Gasteiger partial charge on any atom is -0.368 e. The normalized spacial score (nSPS) is 15.5. The van der Waals surface area contributed by atoms with Crippen molar-refractivity contribution in [1.29, 1.82) is 0 Å². The molecule has 25 heavy (non-hydrogen) atoms. The van der Waals surface area contributed by atoms with Crippen molar-refractivity contribution in [2.45, 2.75) is 6.54 Å². The summed E-state index contributed by atoms with van der Waals surface area (Å²) in [6.07, 6.45) is 3.76. The van der Waals surface area contributed by atoms with E-state index >= 15 is 0 Å². The highest BCUT2D eigenvalue weighted by molar-refractivity contribution is 6.33. The van der Waals surface area contributed by atoms with Crippen LogP contribution in [-0.4, -0.2) is 40.9 Å². The maximum absolute atomic E-state index is 6.32. The Labute approximate surface area is 153 Å². The van der Waals surface area contributed by atoms with E-state index in [-0.39, 0.29) is 0 Å². The molecule has 0 N–H and O–H groups in total. The molecule has 0 unspecified atom stereocenters. The van der Waals surface area contributed by atoms with Gasteiger partial charge < -0.3 is 4.90 Å². The number of hydrogen-bond acceptors (Lipinski definition) is 3. The summed E-state index contributed by atoms with van der Waals surface area (Å²) < 4.78 is 1.88. The summed E-state index contributed by atoms with van der Waals surface area (Å²) in [5.74, 6) is 0. The van der Waals surface area contributed by atoms with Gasteiger partial charge in [0.15, 0.2) is 0 Å². The van der Waals surface area contributed by atoms with Crippen LogP contribution in [0.1, 0.15) is 5.56 Å². The van der Waals surface area contributed by atoms with E-state index in [1.165, 1.54) is 5.56 Å². The number of rotatable bonds is 4. The minimum atomic E-state index is 0.838. The van der Waals surface area contributed by atoms with E-state index in [2.05, 4.69) is 51.3 Å². The second-order valence-electron chi connectivity index (χ2n) is 6.33. The predicted octanol–water partition coefficient (Wildman–Crippen LogP) is 3.85. The summed E-state index contributed by atoms with van der Waals surface area (Å²) in [5.41, 5.74) is 3.58. The van der Waals surface area contributed by atoms with Crippen LogP contribution in [-0.2, 0) is 6.54 Å². The zero-order valence-corrected chi connectivity index (χ0v) is 14.8. The first-order chi connectivity index (χ1) is 12.3. The van der Waals surface area contributed by atoms with Crippen LogP contribution in [0, 0.1) is 0 Å². The second kappa shape index (κ2) is 7.30. The fourth-order valence-corrected chi connectivity index (χ4v) is 3.54. The van der Waals surface area contributed by atoms with Crippen molar-refractivity contribution >= 4 is 17.3 Å². The van der Waals surface area contributed by atoms with Gasteiger partial charge in [0.05, 0.1) is 16.4 Å². The first-order valence-electron chi connectivity index (χ1n) is 8.60. The first-order valence-corrected chi connectivity index (χ1v) is 8.98. The molecular weight excluding hydrogens is 332 g/mol. The third kappa shape index (κ3) is 3.70. The predicted molar refractivity (Wildman–Crippen MR) is 103 cm³/mol. The quantitative estimate of drug-likeness (QED) is 0.712. The number of piperazine rings is 1. The molecule has 3 aromatic rings. The molecule has 0 atom stereocenters. The Balaban J connectivity index is 1.35. The number of anilines is 1. The molecule has 0 radical (unpaired) electrons. The van der Waals surface area contributed by atoms with Crippen molar-refractivity contribution in [2.24, 2.45) is 0 Å². The molecule has 128 valence electrons. The lowest BCUT2D eigenvalue weighted by molar-refractivity contribution is 0.250. The van der Waals surface area contributed by atoms with Crippen molar-refractivity contribution < 1.29 is 0 Å². The third-order valence-corrected chi connectivity index (χ3v) is 5.00. The van der Waals surface area contributed by atoms with Crippen LogP contribution in [0.15, 0.2) is 67.0 Å². The van der Waals surface area contributed by atoms with E-state index in [4.69, 9.17) is 11.6 Å². The van der Waals surface area contributed by atoms with E-state index in [9.17, 15) is 0 Å². The van der Waals surface area contributed by atoms with Crippen molar-refractivity contribution in [3.8, 4) is 5.69 Å². The van der Waals surface area contributed by atoms with Crippen molar-refractivity contribution in [1.82, 2.24) is 14.7 Å². The lowest BCUT2D eigenvalue weighted by Crippen LogP contribution is -2.46. The van der Waals surface area contributed by atoms with Gasteiger partial charge in [-0.15, -0.1) is 0 Å². The summed E-state index contributed by atoms with van der Waals surface area (Å²) in [7, 11) is 0. The molecule has 2 heterocycles. The van der Waals surface area contributed by atoms with Crippen LogP contribution in [0.4, 0.5) is 5.69 Å². The Hall–Kier alpha value is -2.30. The van der Waals surface area contributed by atoms with Gasteiger partial charge >= 0.3 is 0 Å². The van der Waals surface area contributed by atoms with Gasteiger partial charge in [0.2, 0.25) is 0 Å². The molecule has 4 rings (SSSR count). The van der Waals surface area contributed by atoms with E-state index in [1.54, 1.807) is 6.20 Å². The summed E-state index contributed by atoms with van der Waals surface area (Å²) in [5, 5.41) is 5.10. The van der Waals surface area contributed by atoms with Crippen LogP contribution in [0.3, 0.4) is 0 Å². The van der Waals surface area contributed by atoms with E-state index < -0.39 is 0 Å². The van der Waals surface area contributed by atoms with Gasteiger partial charge in [-0.25, -0.2) is 4.68 Å². The third-order valence-electron chi connectivity index (χ3n) is 4.68. The standard InChI is InChI=1S/C20H21ClN4/c21-19-4-1-2-5-20(19)24-14-12-23(13-15-24)16-17-6-8-18(9-7-17)25-11-3-10-22-25/h1-11H,12-16H2. The van der Waals surface area contributed by atoms with Gasteiger partial charge in [-0.3, -0.25) is 4.90 Å². The summed E-state index contributed by atoms with van der Waals surface area (Å²) >= 11 is 6.32. The molecule has 4 nitrogen and oxygen atoms in total. The zero-order chi connectivity index (χ0) is 17.1. The molecule has 1 aromatic heterocycles. The van der Waals surface area contributed by atoms with Crippen LogP contribution >= 0.6 is 11.6 Å². The number of aromatic nitrogens is 2. The average molecular weight is 353 g/mol. The van der Waals surface area contributed by atoms with Gasteiger partial charge in [0, 0.05) is 45.1 Å². The fraction of sp³-hybridized carbons (Fsp3) is 0.250. The Morgan fingerprint density at radius 3 is 2.32 bits per heavy atom. The van der Waals surface area contributed by atoms with E-state index in [0.717, 1.165) is 49.1 Å². The van der Waals surface area contributed by atoms with Gasteiger partial charge in [-0.2, -0.15) is 5.10 Å². The summed E-state index contributed by atoms with van der Waals surface area (Å²) in [6.45, 7) is 5.10. The Morgan fingerprint density at radius 1 is 0.880 bits per heavy atom. The lowest BCUT2D eigenvalue weighted by Gasteiger charge is -2.36. The maximum Gasteiger partial charge on any atom is 0.0645 e. The number of benzene rings is 2. The van der Waals surface area contributed by atoms with Crippen LogP contribution in [0.2, 0.25) is 5.02 Å². The van der Waals surface area contributed by atoms with E-state index in [1.807, 2.05) is 29.1 Å².